The van der Waals surface area contributed by atoms with Crippen LogP contribution in [-0.4, -0.2) is 53.2 Å². The summed E-state index contributed by atoms with van der Waals surface area (Å²) >= 11 is 0. The number of carboxylic acid groups (broad SMARTS) is 1. The highest BCUT2D eigenvalue weighted by Gasteiger charge is 2.45. The van der Waals surface area contributed by atoms with Crippen LogP contribution >= 0.6 is 0 Å². The number of aliphatic carboxylic acids is 1. The van der Waals surface area contributed by atoms with Gasteiger partial charge in [-0.25, -0.2) is 9.59 Å². The first-order valence-corrected chi connectivity index (χ1v) is 12.4. The highest BCUT2D eigenvalue weighted by molar-refractivity contribution is 5.86. The maximum absolute atomic E-state index is 13.3. The Kier molecular flexibility index (Phi) is 7.15. The summed E-state index contributed by atoms with van der Waals surface area (Å²) in [4.78, 5) is 39.2. The van der Waals surface area contributed by atoms with Crippen molar-refractivity contribution in [3.63, 3.8) is 0 Å². The maximum Gasteiger partial charge on any atom is 0.407 e. The molecular formula is C28H34N2O5. The second-order valence-electron chi connectivity index (χ2n) is 9.88. The molecule has 0 saturated heterocycles. The van der Waals surface area contributed by atoms with Crippen molar-refractivity contribution in [2.75, 3.05) is 13.7 Å². The summed E-state index contributed by atoms with van der Waals surface area (Å²) in [5.74, 6) is -1.82. The number of benzene rings is 2. The molecule has 2 aliphatic rings. The summed E-state index contributed by atoms with van der Waals surface area (Å²) in [6, 6.07) is 15.4. The third kappa shape index (κ3) is 4.77. The maximum atomic E-state index is 13.3. The van der Waals surface area contributed by atoms with Crippen LogP contribution in [0.2, 0.25) is 0 Å². The van der Waals surface area contributed by atoms with Crippen LogP contribution in [0.1, 0.15) is 63.0 Å². The number of carbonyl (C=O) groups excluding carboxylic acids is 2. The van der Waals surface area contributed by atoms with E-state index in [2.05, 4.69) is 29.6 Å². The van der Waals surface area contributed by atoms with E-state index in [1.807, 2.05) is 31.2 Å². The van der Waals surface area contributed by atoms with Gasteiger partial charge in [0.15, 0.2) is 0 Å². The second-order valence-corrected chi connectivity index (χ2v) is 9.88. The number of hydrogen-bond donors (Lipinski definition) is 2. The smallest absolute Gasteiger partial charge is 0.407 e. The molecule has 0 aliphatic heterocycles. The summed E-state index contributed by atoms with van der Waals surface area (Å²) < 4.78 is 5.73. The van der Waals surface area contributed by atoms with Crippen LogP contribution < -0.4 is 5.32 Å². The van der Waals surface area contributed by atoms with Crippen molar-refractivity contribution in [2.45, 2.75) is 63.5 Å². The molecular weight excluding hydrogens is 444 g/mol. The molecule has 0 heterocycles. The van der Waals surface area contributed by atoms with Gasteiger partial charge >= 0.3 is 12.1 Å². The van der Waals surface area contributed by atoms with Crippen LogP contribution in [0.15, 0.2) is 48.5 Å². The molecule has 1 fully saturated rings. The molecule has 0 spiro atoms. The largest absolute Gasteiger partial charge is 0.480 e. The normalized spacial score (nSPS) is 22.0. The number of amides is 2. The zero-order valence-corrected chi connectivity index (χ0v) is 20.6. The summed E-state index contributed by atoms with van der Waals surface area (Å²) in [6.45, 7) is 3.81. The highest BCUT2D eigenvalue weighted by Crippen LogP contribution is 2.44. The Balaban J connectivity index is 1.46. The fraction of sp³-hybridized carbons (Fsp3) is 0.464. The molecule has 4 rings (SSSR count). The van der Waals surface area contributed by atoms with Gasteiger partial charge in [0, 0.05) is 13.0 Å². The average Bonchev–Trinajstić information content (AvgIpc) is 3.16. The van der Waals surface area contributed by atoms with E-state index in [1.165, 1.54) is 11.9 Å². The van der Waals surface area contributed by atoms with Gasteiger partial charge in [0.25, 0.3) is 0 Å². The lowest BCUT2D eigenvalue weighted by molar-refractivity contribution is -0.152. The van der Waals surface area contributed by atoms with Gasteiger partial charge < -0.3 is 20.1 Å². The molecule has 3 unspecified atom stereocenters. The van der Waals surface area contributed by atoms with Crippen LogP contribution in [0.5, 0.6) is 0 Å². The van der Waals surface area contributed by atoms with E-state index in [-0.39, 0.29) is 18.4 Å². The van der Waals surface area contributed by atoms with E-state index < -0.39 is 29.6 Å². The number of ether oxygens (including phenoxy) is 1. The molecule has 0 radical (unpaired) electrons. The van der Waals surface area contributed by atoms with Crippen LogP contribution in [0.4, 0.5) is 4.79 Å². The van der Waals surface area contributed by atoms with Crippen LogP contribution in [0.25, 0.3) is 11.1 Å². The Morgan fingerprint density at radius 1 is 1.09 bits per heavy atom. The van der Waals surface area contributed by atoms with Gasteiger partial charge in [-0.15, -0.1) is 0 Å². The summed E-state index contributed by atoms with van der Waals surface area (Å²) in [5.41, 5.74) is 3.80. The zero-order chi connectivity index (χ0) is 25.2. The Bertz CT molecular complexity index is 1070. The van der Waals surface area contributed by atoms with Crippen molar-refractivity contribution >= 4 is 18.0 Å². The van der Waals surface area contributed by atoms with Crippen molar-refractivity contribution in [1.29, 1.82) is 0 Å². The van der Waals surface area contributed by atoms with Gasteiger partial charge in [-0.2, -0.15) is 0 Å². The number of alkyl carbamates (subject to hydrolysis) is 1. The Labute approximate surface area is 206 Å². The molecule has 7 nitrogen and oxygen atoms in total. The number of carboxylic acids is 1. The second kappa shape index (κ2) is 10.1. The van der Waals surface area contributed by atoms with Gasteiger partial charge in [0.05, 0.1) is 11.5 Å². The third-order valence-corrected chi connectivity index (χ3v) is 7.72. The van der Waals surface area contributed by atoms with Crippen molar-refractivity contribution in [3.05, 3.63) is 59.7 Å². The van der Waals surface area contributed by atoms with Crippen molar-refractivity contribution in [2.24, 2.45) is 5.92 Å². The molecule has 2 amide bonds. The molecule has 2 N–H and O–H groups in total. The van der Waals surface area contributed by atoms with Crippen molar-refractivity contribution < 1.29 is 24.2 Å². The van der Waals surface area contributed by atoms with E-state index in [9.17, 15) is 19.5 Å². The minimum atomic E-state index is -1.02. The third-order valence-electron chi connectivity index (χ3n) is 7.72. The topological polar surface area (TPSA) is 95.9 Å². The number of nitrogens with one attached hydrogen (secondary N) is 1. The molecule has 2 aliphatic carbocycles. The molecule has 3 atom stereocenters. The predicted molar refractivity (Wildman–Crippen MR) is 133 cm³/mol. The molecule has 7 heteroatoms. The lowest BCUT2D eigenvalue weighted by atomic mass is 9.73. The van der Waals surface area contributed by atoms with E-state index in [4.69, 9.17) is 4.74 Å². The Morgan fingerprint density at radius 3 is 2.26 bits per heavy atom. The van der Waals surface area contributed by atoms with Gasteiger partial charge in [-0.3, -0.25) is 4.79 Å². The fourth-order valence-corrected chi connectivity index (χ4v) is 5.76. The molecule has 2 aromatic carbocycles. The molecule has 186 valence electrons. The van der Waals surface area contributed by atoms with E-state index in [0.29, 0.717) is 19.3 Å². The number of carbonyl (C=O) groups is 3. The number of fused-ring (bicyclic) bond motifs is 3. The number of nitrogens with zero attached hydrogens (tertiary/aromatic N) is 1. The summed E-state index contributed by atoms with van der Waals surface area (Å²) in [6.07, 6.45) is 2.73. The van der Waals surface area contributed by atoms with Crippen molar-refractivity contribution in [3.8, 4) is 11.1 Å². The number of likely N-dealkylation sites (N-methyl/N-ethyl adjacent to an activating group) is 1. The first-order chi connectivity index (χ1) is 16.8. The Hall–Kier alpha value is -3.35. The standard InChI is InChI=1S/C28H34N2O5/c1-4-24(26(32)33)30(3)25(31)23-15-9-10-16-28(23,2)29-27(34)35-17-22-20-13-7-5-11-18(20)19-12-6-8-14-21(19)22/h5-8,11-14,22-24H,4,9-10,15-17H2,1-3H3,(H,29,34)(H,32,33). The first kappa shape index (κ1) is 24.8. The average molecular weight is 479 g/mol. The van der Waals surface area contributed by atoms with Gasteiger partial charge in [-0.05, 0) is 48.4 Å². The molecule has 0 bridgehead atoms. The number of hydrogen-bond acceptors (Lipinski definition) is 4. The minimum Gasteiger partial charge on any atom is -0.480 e. The first-order valence-electron chi connectivity index (χ1n) is 12.4. The lowest BCUT2D eigenvalue weighted by Crippen LogP contribution is -2.59. The molecule has 35 heavy (non-hydrogen) atoms. The molecule has 0 aromatic heterocycles. The van der Waals surface area contributed by atoms with Crippen molar-refractivity contribution in [1.82, 2.24) is 10.2 Å². The van der Waals surface area contributed by atoms with Gasteiger partial charge in [0.1, 0.15) is 12.6 Å². The van der Waals surface area contributed by atoms with Crippen LogP contribution in [-0.2, 0) is 14.3 Å². The summed E-state index contributed by atoms with van der Waals surface area (Å²) in [5, 5.41) is 12.5. The molecule has 1 saturated carbocycles. The van der Waals surface area contributed by atoms with E-state index in [1.54, 1.807) is 6.92 Å². The summed E-state index contributed by atoms with van der Waals surface area (Å²) in [7, 11) is 1.53. The van der Waals surface area contributed by atoms with E-state index >= 15 is 0 Å². The lowest BCUT2D eigenvalue weighted by Gasteiger charge is -2.43. The monoisotopic (exact) mass is 478 g/mol. The SMILES string of the molecule is CCC(C(=O)O)N(C)C(=O)C1CCCCC1(C)NC(=O)OCC1c2ccccc2-c2ccccc21. The molecule has 2 aromatic rings. The number of rotatable bonds is 7. The zero-order valence-electron chi connectivity index (χ0n) is 20.6. The predicted octanol–water partition coefficient (Wildman–Crippen LogP) is 4.80. The minimum absolute atomic E-state index is 0.0447. The van der Waals surface area contributed by atoms with E-state index in [0.717, 1.165) is 35.1 Å². The quantitative estimate of drug-likeness (QED) is 0.596. The van der Waals surface area contributed by atoms with Gasteiger partial charge in [0.2, 0.25) is 5.91 Å². The fourth-order valence-electron chi connectivity index (χ4n) is 5.76. The Morgan fingerprint density at radius 2 is 1.69 bits per heavy atom. The van der Waals surface area contributed by atoms with Gasteiger partial charge in [-0.1, -0.05) is 68.3 Å². The van der Waals surface area contributed by atoms with Crippen LogP contribution in [0, 0.1) is 5.92 Å². The highest BCUT2D eigenvalue weighted by atomic mass is 16.5. The van der Waals surface area contributed by atoms with Crippen LogP contribution in [0.3, 0.4) is 0 Å².